The average molecular weight is 448 g/mol. The predicted octanol–water partition coefficient (Wildman–Crippen LogP) is 3.90. The number of hydrogen-bond donors (Lipinski definition) is 3. The second-order valence-electron chi connectivity index (χ2n) is 9.55. The normalized spacial score (nSPS) is 19.2. The Hall–Kier alpha value is -2.97. The number of nitrogens with one attached hydrogen (secondary N) is 3. The van der Waals surface area contributed by atoms with Gasteiger partial charge in [-0.2, -0.15) is 5.10 Å². The van der Waals surface area contributed by atoms with Crippen molar-refractivity contribution in [2.45, 2.75) is 37.8 Å². The van der Waals surface area contributed by atoms with Crippen molar-refractivity contribution in [3.8, 4) is 11.5 Å². The number of halogens is 1. The van der Waals surface area contributed by atoms with Gasteiger partial charge >= 0.3 is 0 Å². The van der Waals surface area contributed by atoms with Crippen molar-refractivity contribution in [3.63, 3.8) is 0 Å². The van der Waals surface area contributed by atoms with Gasteiger partial charge in [-0.05, 0) is 82.2 Å². The Bertz CT molecular complexity index is 1260. The summed E-state index contributed by atoms with van der Waals surface area (Å²) in [5.74, 6) is 0.415. The molecule has 0 atom stereocenters. The maximum Gasteiger partial charge on any atom is 0.159 e. The smallest absolute Gasteiger partial charge is 0.159 e. The fraction of sp³-hybridized carbons (Fsp3) is 0.440. The zero-order valence-electron chi connectivity index (χ0n) is 18.9. The number of aromatic amines is 2. The van der Waals surface area contributed by atoms with E-state index < -0.39 is 0 Å². The molecule has 2 aromatic heterocycles. The lowest BCUT2D eigenvalue weighted by atomic mass is 9.99. The Morgan fingerprint density at radius 3 is 2.48 bits per heavy atom. The fourth-order valence-electron chi connectivity index (χ4n) is 5.29. The van der Waals surface area contributed by atoms with Crippen LogP contribution >= 0.6 is 0 Å². The quantitative estimate of drug-likeness (QED) is 0.442. The highest BCUT2D eigenvalue weighted by Gasteiger charge is 2.24. The lowest BCUT2D eigenvalue weighted by molar-refractivity contribution is 0.217. The number of nitrogens with zero attached hydrogens (tertiary/aromatic N) is 4. The number of rotatable bonds is 4. The second kappa shape index (κ2) is 8.43. The van der Waals surface area contributed by atoms with Crippen molar-refractivity contribution in [1.82, 2.24) is 30.4 Å². The van der Waals surface area contributed by atoms with Gasteiger partial charge in [0.2, 0.25) is 0 Å². The minimum absolute atomic E-state index is 0.280. The van der Waals surface area contributed by atoms with E-state index in [0.717, 1.165) is 29.5 Å². The number of benzene rings is 2. The molecule has 6 rings (SSSR count). The molecule has 2 aliphatic heterocycles. The standard InChI is InChI=1S/C25H30FN7/c1-32-10-6-17(7-11-32)27-18-8-12-33(13-9-18)19-3-5-21-23(15-19)29-25(28-21)24-20-4-2-16(26)14-22(20)30-31-24/h2-5,14-15,17-18,27H,6-13H2,1H3,(H,28,29)(H,30,31). The van der Waals surface area contributed by atoms with Crippen molar-refractivity contribution in [1.29, 1.82) is 0 Å². The van der Waals surface area contributed by atoms with Crippen molar-refractivity contribution in [2.24, 2.45) is 0 Å². The van der Waals surface area contributed by atoms with Crippen LogP contribution in [0.15, 0.2) is 36.4 Å². The highest BCUT2D eigenvalue weighted by atomic mass is 19.1. The van der Waals surface area contributed by atoms with Crippen LogP contribution in [0.5, 0.6) is 0 Å². The summed E-state index contributed by atoms with van der Waals surface area (Å²) in [4.78, 5) is 13.0. The molecule has 7 nitrogen and oxygen atoms in total. The van der Waals surface area contributed by atoms with Crippen LogP contribution in [0.4, 0.5) is 10.1 Å². The molecule has 0 amide bonds. The highest BCUT2D eigenvalue weighted by Crippen LogP contribution is 2.29. The molecule has 2 fully saturated rings. The van der Waals surface area contributed by atoms with E-state index in [9.17, 15) is 4.39 Å². The molecular formula is C25H30FN7. The molecule has 2 aliphatic rings. The largest absolute Gasteiger partial charge is 0.371 e. The number of likely N-dealkylation sites (tertiary alicyclic amines) is 1. The molecular weight excluding hydrogens is 417 g/mol. The molecule has 3 N–H and O–H groups in total. The summed E-state index contributed by atoms with van der Waals surface area (Å²) in [6.45, 7) is 4.53. The Morgan fingerprint density at radius 1 is 0.939 bits per heavy atom. The van der Waals surface area contributed by atoms with Gasteiger partial charge in [-0.25, -0.2) is 9.37 Å². The minimum atomic E-state index is -0.280. The maximum atomic E-state index is 13.5. The van der Waals surface area contributed by atoms with Gasteiger partial charge < -0.3 is 20.1 Å². The van der Waals surface area contributed by atoms with E-state index >= 15 is 0 Å². The minimum Gasteiger partial charge on any atom is -0.371 e. The summed E-state index contributed by atoms with van der Waals surface area (Å²) >= 11 is 0. The van der Waals surface area contributed by atoms with Gasteiger partial charge in [0.05, 0.1) is 16.6 Å². The Kier molecular flexibility index (Phi) is 5.27. The van der Waals surface area contributed by atoms with E-state index in [1.54, 1.807) is 6.07 Å². The molecule has 0 unspecified atom stereocenters. The molecule has 8 heteroatoms. The van der Waals surface area contributed by atoms with Crippen LogP contribution in [0.25, 0.3) is 33.5 Å². The summed E-state index contributed by atoms with van der Waals surface area (Å²) < 4.78 is 13.5. The number of hydrogen-bond acceptors (Lipinski definition) is 5. The molecule has 0 spiro atoms. The first-order valence-corrected chi connectivity index (χ1v) is 12.0. The van der Waals surface area contributed by atoms with Gasteiger partial charge in [-0.3, -0.25) is 5.10 Å². The monoisotopic (exact) mass is 447 g/mol. The average Bonchev–Trinajstić information content (AvgIpc) is 3.44. The van der Waals surface area contributed by atoms with Crippen molar-refractivity contribution >= 4 is 27.6 Å². The van der Waals surface area contributed by atoms with E-state index in [4.69, 9.17) is 4.98 Å². The Morgan fingerprint density at radius 2 is 1.70 bits per heavy atom. The summed E-state index contributed by atoms with van der Waals surface area (Å²) in [5, 5.41) is 12.0. The van der Waals surface area contributed by atoms with E-state index in [2.05, 4.69) is 55.5 Å². The van der Waals surface area contributed by atoms with Gasteiger partial charge in [0, 0.05) is 36.2 Å². The third-order valence-corrected chi connectivity index (χ3v) is 7.26. The molecule has 4 aromatic rings. The van der Waals surface area contributed by atoms with E-state index in [-0.39, 0.29) is 5.82 Å². The molecule has 2 saturated heterocycles. The zero-order valence-corrected chi connectivity index (χ0v) is 18.9. The van der Waals surface area contributed by atoms with Crippen LogP contribution in [-0.2, 0) is 0 Å². The van der Waals surface area contributed by atoms with Crippen LogP contribution in [-0.4, -0.2) is 70.4 Å². The first kappa shape index (κ1) is 20.6. The molecule has 172 valence electrons. The van der Waals surface area contributed by atoms with Gasteiger partial charge in [-0.1, -0.05) is 0 Å². The molecule has 0 saturated carbocycles. The van der Waals surface area contributed by atoms with Crippen molar-refractivity contribution in [2.75, 3.05) is 38.1 Å². The van der Waals surface area contributed by atoms with E-state index in [0.29, 0.717) is 29.1 Å². The summed E-state index contributed by atoms with van der Waals surface area (Å²) in [6, 6.07) is 12.4. The predicted molar refractivity (Wildman–Crippen MR) is 130 cm³/mol. The van der Waals surface area contributed by atoms with E-state index in [1.807, 2.05) is 0 Å². The molecule has 33 heavy (non-hydrogen) atoms. The number of anilines is 1. The molecule has 0 bridgehead atoms. The van der Waals surface area contributed by atoms with Gasteiger partial charge in [-0.15, -0.1) is 0 Å². The molecule has 2 aromatic carbocycles. The number of H-pyrrole nitrogens is 2. The first-order chi connectivity index (χ1) is 16.1. The first-order valence-electron chi connectivity index (χ1n) is 12.0. The zero-order chi connectivity index (χ0) is 22.4. The Balaban J connectivity index is 1.15. The fourth-order valence-corrected chi connectivity index (χ4v) is 5.29. The molecule has 0 radical (unpaired) electrons. The summed E-state index contributed by atoms with van der Waals surface area (Å²) in [7, 11) is 2.21. The topological polar surface area (TPSA) is 75.9 Å². The third-order valence-electron chi connectivity index (χ3n) is 7.26. The molecule has 4 heterocycles. The number of imidazole rings is 1. The second-order valence-corrected chi connectivity index (χ2v) is 9.55. The van der Waals surface area contributed by atoms with Gasteiger partial charge in [0.15, 0.2) is 5.82 Å². The van der Waals surface area contributed by atoms with Crippen molar-refractivity contribution in [3.05, 3.63) is 42.2 Å². The third kappa shape index (κ3) is 4.09. The lowest BCUT2D eigenvalue weighted by Gasteiger charge is -2.37. The van der Waals surface area contributed by atoms with Crippen LogP contribution in [0, 0.1) is 5.82 Å². The van der Waals surface area contributed by atoms with Crippen LogP contribution in [0.3, 0.4) is 0 Å². The highest BCUT2D eigenvalue weighted by molar-refractivity contribution is 5.93. The van der Waals surface area contributed by atoms with Crippen LogP contribution in [0.1, 0.15) is 25.7 Å². The van der Waals surface area contributed by atoms with Gasteiger partial charge in [0.1, 0.15) is 11.5 Å². The summed E-state index contributed by atoms with van der Waals surface area (Å²) in [6.07, 6.45) is 4.87. The number of aromatic nitrogens is 4. The maximum absolute atomic E-state index is 13.5. The van der Waals surface area contributed by atoms with Crippen LogP contribution in [0.2, 0.25) is 0 Å². The Labute approximate surface area is 192 Å². The number of fused-ring (bicyclic) bond motifs is 2. The van der Waals surface area contributed by atoms with Crippen LogP contribution < -0.4 is 10.2 Å². The lowest BCUT2D eigenvalue weighted by Crippen LogP contribution is -2.49. The molecule has 0 aliphatic carbocycles. The van der Waals surface area contributed by atoms with Crippen molar-refractivity contribution < 1.29 is 4.39 Å². The van der Waals surface area contributed by atoms with Gasteiger partial charge in [0.25, 0.3) is 0 Å². The SMILES string of the molecule is CN1CCC(NC2CCN(c3ccc4nc(-c5n[nH]c6cc(F)ccc56)[nH]c4c3)CC2)CC1. The number of piperidine rings is 2. The van der Waals surface area contributed by atoms with E-state index in [1.165, 1.54) is 56.6 Å². The summed E-state index contributed by atoms with van der Waals surface area (Å²) in [5.41, 5.74) is 4.51.